The molecule has 2 rings (SSSR count). The minimum absolute atomic E-state index is 0.0395. The zero-order chi connectivity index (χ0) is 17.9. The van der Waals surface area contributed by atoms with Crippen molar-refractivity contribution in [1.82, 2.24) is 20.0 Å². The molecule has 0 bridgehead atoms. The Hall–Kier alpha value is -1.15. The number of rotatable bonds is 6. The monoisotopic (exact) mass is 372 g/mol. The number of aromatic nitrogens is 2. The minimum atomic E-state index is -2.92. The number of unbranched alkanes of at least 4 members (excludes halogenated alkanes) is 1. The fourth-order valence-corrected chi connectivity index (χ4v) is 4.92. The van der Waals surface area contributed by atoms with Crippen molar-refractivity contribution in [3.05, 3.63) is 17.0 Å². The first kappa shape index (κ1) is 19.2. The quantitative estimate of drug-likeness (QED) is 0.608. The van der Waals surface area contributed by atoms with Gasteiger partial charge in [0.2, 0.25) is 0 Å². The Bertz CT molecular complexity index is 697. The average Bonchev–Trinajstić information content (AvgIpc) is 3.01. The van der Waals surface area contributed by atoms with E-state index in [4.69, 9.17) is 12.2 Å². The van der Waals surface area contributed by atoms with Gasteiger partial charge in [-0.2, -0.15) is 5.10 Å². The maximum absolute atomic E-state index is 11.7. The molecule has 1 saturated heterocycles. The first-order valence-corrected chi connectivity index (χ1v) is 10.7. The molecule has 1 aliphatic rings. The molecule has 0 aromatic carbocycles. The van der Waals surface area contributed by atoms with E-state index in [-0.39, 0.29) is 17.5 Å². The van der Waals surface area contributed by atoms with Crippen LogP contribution in [0.4, 0.5) is 0 Å². The molecule has 2 heterocycles. The number of thiocarbonyl (C=S) groups is 1. The van der Waals surface area contributed by atoms with Gasteiger partial charge in [-0.05, 0) is 38.9 Å². The summed E-state index contributed by atoms with van der Waals surface area (Å²) in [7, 11) is -0.946. The maximum atomic E-state index is 11.7. The van der Waals surface area contributed by atoms with Crippen LogP contribution in [0.5, 0.6) is 0 Å². The van der Waals surface area contributed by atoms with Crippen molar-refractivity contribution in [2.24, 2.45) is 0 Å². The number of sulfone groups is 1. The number of hydrogen-bond acceptors (Lipinski definition) is 4. The SMILES string of the molecule is CCCCNC(=S)N(C)Cc1c(C)nn([C@@H]2CCS(=O)(=O)C2)c1C. The van der Waals surface area contributed by atoms with Gasteiger partial charge in [0, 0.05) is 31.4 Å². The first-order valence-electron chi connectivity index (χ1n) is 8.49. The molecule has 0 unspecified atom stereocenters. The van der Waals surface area contributed by atoms with E-state index in [0.717, 1.165) is 41.5 Å². The van der Waals surface area contributed by atoms with E-state index in [1.807, 2.05) is 30.5 Å². The lowest BCUT2D eigenvalue weighted by atomic mass is 10.2. The summed E-state index contributed by atoms with van der Waals surface area (Å²) >= 11 is 5.43. The van der Waals surface area contributed by atoms with Crippen LogP contribution < -0.4 is 5.32 Å². The molecule has 1 fully saturated rings. The highest BCUT2D eigenvalue weighted by Gasteiger charge is 2.31. The molecule has 1 aliphatic heterocycles. The van der Waals surface area contributed by atoms with Crippen molar-refractivity contribution in [3.8, 4) is 0 Å². The topological polar surface area (TPSA) is 67.2 Å². The van der Waals surface area contributed by atoms with Crippen molar-refractivity contribution in [2.45, 2.75) is 52.6 Å². The second kappa shape index (κ2) is 7.82. The largest absolute Gasteiger partial charge is 0.363 e. The Kier molecular flexibility index (Phi) is 6.25. The van der Waals surface area contributed by atoms with Gasteiger partial charge in [-0.25, -0.2) is 8.42 Å². The summed E-state index contributed by atoms with van der Waals surface area (Å²) in [5, 5.41) is 8.61. The van der Waals surface area contributed by atoms with Gasteiger partial charge in [-0.15, -0.1) is 0 Å². The Balaban J connectivity index is 2.07. The summed E-state index contributed by atoms with van der Waals surface area (Å²) < 4.78 is 25.4. The van der Waals surface area contributed by atoms with Gasteiger partial charge in [0.25, 0.3) is 0 Å². The van der Waals surface area contributed by atoms with E-state index >= 15 is 0 Å². The van der Waals surface area contributed by atoms with Crippen molar-refractivity contribution < 1.29 is 8.42 Å². The molecule has 0 radical (unpaired) electrons. The standard InChI is InChI=1S/C16H28N4O2S2/c1-5-6-8-17-16(23)19(4)10-15-12(2)18-20(13(15)3)14-7-9-24(21,22)11-14/h14H,5-11H2,1-4H3,(H,17,23)/t14-/m1/s1. The molecule has 1 aromatic rings. The van der Waals surface area contributed by atoms with Crippen LogP contribution in [-0.4, -0.2) is 53.3 Å². The Morgan fingerprint density at radius 3 is 2.75 bits per heavy atom. The lowest BCUT2D eigenvalue weighted by Crippen LogP contribution is -2.37. The normalized spacial score (nSPS) is 19.4. The Labute approximate surface area is 150 Å². The Morgan fingerprint density at radius 2 is 2.17 bits per heavy atom. The minimum Gasteiger partial charge on any atom is -0.363 e. The summed E-state index contributed by atoms with van der Waals surface area (Å²) in [5.41, 5.74) is 3.11. The summed E-state index contributed by atoms with van der Waals surface area (Å²) in [4.78, 5) is 2.01. The highest BCUT2D eigenvalue weighted by atomic mass is 32.2. The van der Waals surface area contributed by atoms with Crippen molar-refractivity contribution in [3.63, 3.8) is 0 Å². The molecule has 1 atom stereocenters. The van der Waals surface area contributed by atoms with Gasteiger partial charge >= 0.3 is 0 Å². The van der Waals surface area contributed by atoms with Gasteiger partial charge in [0.15, 0.2) is 14.9 Å². The molecular weight excluding hydrogens is 344 g/mol. The summed E-state index contributed by atoms with van der Waals surface area (Å²) in [5.74, 6) is 0.456. The van der Waals surface area contributed by atoms with Crippen molar-refractivity contribution in [2.75, 3.05) is 25.1 Å². The second-order valence-corrected chi connectivity index (χ2v) is 9.21. The van der Waals surface area contributed by atoms with Crippen LogP contribution in [0.2, 0.25) is 0 Å². The highest BCUT2D eigenvalue weighted by molar-refractivity contribution is 7.91. The fraction of sp³-hybridized carbons (Fsp3) is 0.750. The Morgan fingerprint density at radius 1 is 1.46 bits per heavy atom. The van der Waals surface area contributed by atoms with Crippen LogP contribution in [0, 0.1) is 13.8 Å². The fourth-order valence-electron chi connectivity index (χ4n) is 3.07. The van der Waals surface area contributed by atoms with Crippen LogP contribution in [0.1, 0.15) is 49.2 Å². The molecule has 8 heteroatoms. The van der Waals surface area contributed by atoms with Crippen LogP contribution in [0.15, 0.2) is 0 Å². The zero-order valence-electron chi connectivity index (χ0n) is 15.0. The molecule has 0 spiro atoms. The smallest absolute Gasteiger partial charge is 0.168 e. The third kappa shape index (κ3) is 4.47. The summed E-state index contributed by atoms with van der Waals surface area (Å²) in [6.07, 6.45) is 2.88. The number of aryl methyl sites for hydroxylation is 1. The van der Waals surface area contributed by atoms with Gasteiger partial charge in [-0.1, -0.05) is 13.3 Å². The van der Waals surface area contributed by atoms with Gasteiger partial charge in [0.1, 0.15) is 0 Å². The lowest BCUT2D eigenvalue weighted by molar-refractivity contribution is 0.473. The predicted molar refractivity (Wildman–Crippen MR) is 101 cm³/mol. The number of hydrogen-bond donors (Lipinski definition) is 1. The maximum Gasteiger partial charge on any atom is 0.168 e. The zero-order valence-corrected chi connectivity index (χ0v) is 16.6. The molecule has 6 nitrogen and oxygen atoms in total. The molecule has 24 heavy (non-hydrogen) atoms. The predicted octanol–water partition coefficient (Wildman–Crippen LogP) is 1.97. The molecule has 136 valence electrons. The van der Waals surface area contributed by atoms with Crippen molar-refractivity contribution in [1.29, 1.82) is 0 Å². The summed E-state index contributed by atoms with van der Waals surface area (Å²) in [6.45, 7) is 7.70. The molecular formula is C16H28N4O2S2. The first-order chi connectivity index (χ1) is 11.2. The molecule has 0 aliphatic carbocycles. The molecule has 0 saturated carbocycles. The van der Waals surface area contributed by atoms with Crippen LogP contribution in [0.25, 0.3) is 0 Å². The van der Waals surface area contributed by atoms with E-state index in [2.05, 4.69) is 17.3 Å². The number of nitrogens with one attached hydrogen (secondary N) is 1. The van der Waals surface area contributed by atoms with E-state index in [1.165, 1.54) is 0 Å². The van der Waals surface area contributed by atoms with Gasteiger partial charge in [-0.3, -0.25) is 4.68 Å². The van der Waals surface area contributed by atoms with E-state index in [1.54, 1.807) is 0 Å². The lowest BCUT2D eigenvalue weighted by Gasteiger charge is -2.21. The van der Waals surface area contributed by atoms with E-state index < -0.39 is 9.84 Å². The van der Waals surface area contributed by atoms with Crippen LogP contribution >= 0.6 is 12.2 Å². The van der Waals surface area contributed by atoms with Crippen LogP contribution in [-0.2, 0) is 16.4 Å². The van der Waals surface area contributed by atoms with Crippen LogP contribution in [0.3, 0.4) is 0 Å². The average molecular weight is 373 g/mol. The van der Waals surface area contributed by atoms with E-state index in [0.29, 0.717) is 13.0 Å². The molecule has 0 amide bonds. The van der Waals surface area contributed by atoms with Crippen molar-refractivity contribution >= 4 is 27.2 Å². The molecule has 1 N–H and O–H groups in total. The molecule has 1 aromatic heterocycles. The third-order valence-electron chi connectivity index (χ3n) is 4.58. The second-order valence-electron chi connectivity index (χ2n) is 6.59. The highest BCUT2D eigenvalue weighted by Crippen LogP contribution is 2.27. The van der Waals surface area contributed by atoms with Gasteiger partial charge in [0.05, 0.1) is 23.2 Å². The third-order valence-corrected chi connectivity index (χ3v) is 6.78. The van der Waals surface area contributed by atoms with E-state index in [9.17, 15) is 8.42 Å². The van der Waals surface area contributed by atoms with Gasteiger partial charge < -0.3 is 10.2 Å². The number of nitrogens with zero attached hydrogens (tertiary/aromatic N) is 3. The summed E-state index contributed by atoms with van der Waals surface area (Å²) in [6, 6.07) is -0.0395.